The van der Waals surface area contributed by atoms with Crippen molar-refractivity contribution in [1.29, 1.82) is 0 Å². The Kier molecular flexibility index (Phi) is 9.78. The lowest BCUT2D eigenvalue weighted by molar-refractivity contribution is -0.0222. The highest BCUT2D eigenvalue weighted by atomic mass is 32.2. The van der Waals surface area contributed by atoms with Gasteiger partial charge in [0.1, 0.15) is 0 Å². The van der Waals surface area contributed by atoms with Crippen LogP contribution in [0.4, 0.5) is 20.5 Å². The summed E-state index contributed by atoms with van der Waals surface area (Å²) in [6, 6.07) is 20.4. The summed E-state index contributed by atoms with van der Waals surface area (Å²) >= 11 is 1.73. The molecule has 3 aromatic rings. The Morgan fingerprint density at radius 1 is 1.02 bits per heavy atom. The lowest BCUT2D eigenvalue weighted by atomic mass is 9.87. The lowest BCUT2D eigenvalue weighted by Crippen LogP contribution is -2.40. The number of piperidine rings is 1. The fourth-order valence-corrected chi connectivity index (χ4v) is 7.67. The van der Waals surface area contributed by atoms with Gasteiger partial charge in [-0.15, -0.1) is 5.10 Å². The van der Waals surface area contributed by atoms with Crippen LogP contribution in [0.25, 0.3) is 11.1 Å². The predicted octanol–water partition coefficient (Wildman–Crippen LogP) is 8.92. The number of ether oxygens (including phenoxy) is 1. The maximum atomic E-state index is 13.8. The third-order valence-corrected chi connectivity index (χ3v) is 10.2. The third-order valence-electron chi connectivity index (χ3n) is 9.12. The monoisotopic (exact) mass is 634 g/mol. The van der Waals surface area contributed by atoms with E-state index in [1.54, 1.807) is 17.0 Å². The molecule has 240 valence electrons. The summed E-state index contributed by atoms with van der Waals surface area (Å²) in [7, 11) is 0. The van der Waals surface area contributed by atoms with Crippen molar-refractivity contribution in [3.63, 3.8) is 0 Å². The van der Waals surface area contributed by atoms with Crippen LogP contribution >= 0.6 is 11.9 Å². The van der Waals surface area contributed by atoms with Gasteiger partial charge < -0.3 is 9.64 Å². The van der Waals surface area contributed by atoms with Gasteiger partial charge in [-0.1, -0.05) is 81.6 Å². The molecule has 4 heterocycles. The molecular weight excluding hydrogens is 590 g/mol. The average Bonchev–Trinajstić information content (AvgIpc) is 3.73. The number of nitrogens with zero attached hydrogens (tertiary/aromatic N) is 6. The normalized spacial score (nSPS) is 20.3. The molecular formula is C35H44F2N6OS. The van der Waals surface area contributed by atoms with Crippen LogP contribution in [0.5, 0.6) is 0 Å². The number of aromatic nitrogens is 2. The number of hydrogen-bond donors (Lipinski definition) is 0. The van der Waals surface area contributed by atoms with E-state index in [1.165, 1.54) is 47.9 Å². The predicted molar refractivity (Wildman–Crippen MR) is 180 cm³/mol. The highest BCUT2D eigenvalue weighted by molar-refractivity contribution is 7.97. The molecule has 2 atom stereocenters. The van der Waals surface area contributed by atoms with E-state index in [1.807, 2.05) is 17.9 Å². The van der Waals surface area contributed by atoms with Crippen molar-refractivity contribution in [2.45, 2.75) is 90.0 Å². The van der Waals surface area contributed by atoms with Gasteiger partial charge in [0.05, 0.1) is 6.04 Å². The minimum Gasteiger partial charge on any atom is -0.440 e. The molecule has 1 aromatic heterocycles. The van der Waals surface area contributed by atoms with E-state index in [2.05, 4.69) is 71.7 Å². The van der Waals surface area contributed by atoms with Crippen molar-refractivity contribution >= 4 is 29.7 Å². The first kappa shape index (κ1) is 31.6. The summed E-state index contributed by atoms with van der Waals surface area (Å²) in [6.07, 6.45) is 6.79. The van der Waals surface area contributed by atoms with Gasteiger partial charge >= 0.3 is 6.02 Å². The zero-order valence-electron chi connectivity index (χ0n) is 26.6. The first-order valence-corrected chi connectivity index (χ1v) is 17.4. The average molecular weight is 635 g/mol. The van der Waals surface area contributed by atoms with E-state index in [-0.39, 0.29) is 38.7 Å². The van der Waals surface area contributed by atoms with Crippen molar-refractivity contribution in [1.82, 2.24) is 14.3 Å². The molecule has 45 heavy (non-hydrogen) atoms. The first-order chi connectivity index (χ1) is 21.8. The van der Waals surface area contributed by atoms with Crippen LogP contribution in [0.3, 0.4) is 0 Å². The number of amidine groups is 1. The molecule has 0 aliphatic carbocycles. The molecule has 0 saturated carbocycles. The summed E-state index contributed by atoms with van der Waals surface area (Å²) in [5.41, 5.74) is 5.96. The van der Waals surface area contributed by atoms with Crippen LogP contribution in [0, 0.1) is 6.92 Å². The van der Waals surface area contributed by atoms with Gasteiger partial charge in [-0.25, -0.2) is 18.8 Å². The summed E-state index contributed by atoms with van der Waals surface area (Å²) < 4.78 is 35.9. The number of unbranched alkanes of at least 4 members (excludes halogenated alkanes) is 2. The van der Waals surface area contributed by atoms with Gasteiger partial charge in [-0.3, -0.25) is 4.31 Å². The standard InChI is InChI=1S/C35H44F2N6OS/c1-4-6-7-11-26(5-2)27-12-10-13-28(23-27)29-14-8-9-15-30(29)31-16-21-45-43(31)34-40-42(24-44-34)32-22-25(3)38-33(39-32)41-19-17-35(36,37)18-20-41/h8-10,12-15,22-23,26,31H,4-7,11,16-21,24H2,1-3H3. The Balaban J connectivity index is 1.22. The Bertz CT molecular complexity index is 1490. The van der Waals surface area contributed by atoms with Crippen molar-refractivity contribution in [3.8, 4) is 11.1 Å². The number of benzene rings is 2. The van der Waals surface area contributed by atoms with Crippen LogP contribution in [0.15, 0.2) is 59.7 Å². The molecule has 0 amide bonds. The quantitative estimate of drug-likeness (QED) is 0.163. The topological polar surface area (TPSA) is 57.1 Å². The number of aryl methyl sites for hydroxylation is 1. The lowest BCUT2D eigenvalue weighted by Gasteiger charge is -2.32. The highest BCUT2D eigenvalue weighted by Crippen LogP contribution is 2.43. The fraction of sp³-hybridized carbons (Fsp3) is 0.514. The molecule has 0 N–H and O–H groups in total. The minimum absolute atomic E-state index is 0.109. The Morgan fingerprint density at radius 3 is 2.64 bits per heavy atom. The molecule has 2 saturated heterocycles. The second kappa shape index (κ2) is 13.9. The smallest absolute Gasteiger partial charge is 0.322 e. The maximum Gasteiger partial charge on any atom is 0.322 e. The second-order valence-electron chi connectivity index (χ2n) is 12.3. The number of alkyl halides is 2. The van der Waals surface area contributed by atoms with Gasteiger partial charge in [0.15, 0.2) is 12.5 Å². The van der Waals surface area contributed by atoms with E-state index in [4.69, 9.17) is 14.8 Å². The zero-order chi connectivity index (χ0) is 31.4. The SMILES string of the molecule is CCCCCC(CC)c1cccc(-c2ccccc2C2CCSN2C2=NN(c3cc(C)nc(N4CCC(F)(F)CC4)n3)CO2)c1. The van der Waals surface area contributed by atoms with E-state index < -0.39 is 5.92 Å². The zero-order valence-corrected chi connectivity index (χ0v) is 27.4. The van der Waals surface area contributed by atoms with Crippen molar-refractivity contribution in [3.05, 3.63) is 71.4 Å². The van der Waals surface area contributed by atoms with E-state index in [9.17, 15) is 8.78 Å². The number of hydrogen-bond acceptors (Lipinski definition) is 8. The number of rotatable bonds is 10. The largest absolute Gasteiger partial charge is 0.440 e. The highest BCUT2D eigenvalue weighted by Gasteiger charge is 2.37. The number of halogens is 2. The molecule has 2 unspecified atom stereocenters. The van der Waals surface area contributed by atoms with E-state index in [0.717, 1.165) is 24.3 Å². The maximum absolute atomic E-state index is 13.8. The van der Waals surface area contributed by atoms with Crippen molar-refractivity contribution < 1.29 is 13.5 Å². The minimum atomic E-state index is -2.62. The first-order valence-electron chi connectivity index (χ1n) is 16.4. The third kappa shape index (κ3) is 7.21. The molecule has 2 aromatic carbocycles. The molecule has 3 aliphatic heterocycles. The number of anilines is 2. The number of hydrazone groups is 1. The molecule has 0 spiro atoms. The molecule has 0 radical (unpaired) electrons. The molecule has 7 nitrogen and oxygen atoms in total. The van der Waals surface area contributed by atoms with Crippen LogP contribution < -0.4 is 9.91 Å². The summed E-state index contributed by atoms with van der Waals surface area (Å²) in [6.45, 7) is 7.14. The van der Waals surface area contributed by atoms with Crippen LogP contribution in [0.2, 0.25) is 0 Å². The van der Waals surface area contributed by atoms with Gasteiger partial charge in [0.25, 0.3) is 5.92 Å². The molecule has 6 rings (SSSR count). The van der Waals surface area contributed by atoms with Gasteiger partial charge in [-0.05, 0) is 66.3 Å². The molecule has 3 aliphatic rings. The van der Waals surface area contributed by atoms with Crippen LogP contribution in [-0.2, 0) is 4.74 Å². The summed E-state index contributed by atoms with van der Waals surface area (Å²) in [5, 5.41) is 6.59. The summed E-state index contributed by atoms with van der Waals surface area (Å²) in [4.78, 5) is 11.1. The van der Waals surface area contributed by atoms with Crippen molar-refractivity contribution in [2.75, 3.05) is 35.5 Å². The Labute approximate surface area is 270 Å². The van der Waals surface area contributed by atoms with Gasteiger partial charge in [0, 0.05) is 43.4 Å². The van der Waals surface area contributed by atoms with Crippen LogP contribution in [0.1, 0.15) is 94.0 Å². The van der Waals surface area contributed by atoms with Crippen LogP contribution in [-0.4, -0.2) is 51.8 Å². The van der Waals surface area contributed by atoms with Gasteiger partial charge in [0.2, 0.25) is 5.95 Å². The Morgan fingerprint density at radius 2 is 1.84 bits per heavy atom. The fourth-order valence-electron chi connectivity index (χ4n) is 6.55. The molecule has 2 fully saturated rings. The second-order valence-corrected chi connectivity index (χ2v) is 13.4. The van der Waals surface area contributed by atoms with Crippen molar-refractivity contribution in [2.24, 2.45) is 5.10 Å². The van der Waals surface area contributed by atoms with E-state index in [0.29, 0.717) is 23.7 Å². The summed E-state index contributed by atoms with van der Waals surface area (Å²) in [5.74, 6) is -0.0108. The van der Waals surface area contributed by atoms with E-state index >= 15 is 0 Å². The van der Waals surface area contributed by atoms with Gasteiger partial charge in [-0.2, -0.15) is 4.98 Å². The molecule has 10 heteroatoms. The Hall–Kier alpha value is -3.40. The molecule has 0 bridgehead atoms.